The first-order chi connectivity index (χ1) is 10.2. The van der Waals surface area contributed by atoms with Crippen molar-refractivity contribution in [2.24, 2.45) is 5.92 Å². The van der Waals surface area contributed by atoms with Gasteiger partial charge < -0.3 is 15.5 Å². The van der Waals surface area contributed by atoms with E-state index in [0.29, 0.717) is 12.3 Å². The van der Waals surface area contributed by atoms with Gasteiger partial charge in [-0.1, -0.05) is 30.3 Å². The van der Waals surface area contributed by atoms with E-state index < -0.39 is 0 Å². The van der Waals surface area contributed by atoms with Gasteiger partial charge in [0.05, 0.1) is 13.0 Å². The lowest BCUT2D eigenvalue weighted by atomic mass is 10.1. The van der Waals surface area contributed by atoms with Crippen LogP contribution < -0.4 is 10.6 Å². The molecule has 0 aliphatic carbocycles. The Balaban J connectivity index is 0.00000242. The van der Waals surface area contributed by atoms with Crippen LogP contribution in [0.3, 0.4) is 0 Å². The quantitative estimate of drug-likeness (QED) is 0.814. The Morgan fingerprint density at radius 1 is 1.27 bits per heavy atom. The Morgan fingerprint density at radius 2 is 2.00 bits per heavy atom. The van der Waals surface area contributed by atoms with Crippen LogP contribution in [-0.2, 0) is 16.0 Å². The van der Waals surface area contributed by atoms with E-state index in [-0.39, 0.29) is 30.8 Å². The van der Waals surface area contributed by atoms with Gasteiger partial charge in [0.25, 0.3) is 0 Å². The predicted octanol–water partition coefficient (Wildman–Crippen LogP) is 0.835. The van der Waals surface area contributed by atoms with Gasteiger partial charge in [0.2, 0.25) is 11.8 Å². The maximum atomic E-state index is 12.0. The lowest BCUT2D eigenvalue weighted by Gasteiger charge is -2.17. The molecule has 1 fully saturated rings. The Labute approximate surface area is 137 Å². The molecular weight excluding hydrogens is 302 g/mol. The molecule has 1 atom stereocenters. The molecule has 122 valence electrons. The minimum absolute atomic E-state index is 0. The third-order valence-corrected chi connectivity index (χ3v) is 3.78. The van der Waals surface area contributed by atoms with Gasteiger partial charge in [-0.2, -0.15) is 0 Å². The average Bonchev–Trinajstić information content (AvgIpc) is 2.95. The molecule has 5 nitrogen and oxygen atoms in total. The van der Waals surface area contributed by atoms with E-state index in [1.165, 1.54) is 0 Å². The van der Waals surface area contributed by atoms with E-state index in [0.717, 1.165) is 31.6 Å². The molecule has 1 heterocycles. The van der Waals surface area contributed by atoms with Crippen molar-refractivity contribution < 1.29 is 9.59 Å². The van der Waals surface area contributed by atoms with Crippen LogP contribution >= 0.6 is 12.4 Å². The zero-order valence-corrected chi connectivity index (χ0v) is 13.7. The van der Waals surface area contributed by atoms with Crippen molar-refractivity contribution >= 4 is 24.2 Å². The number of nitrogens with zero attached hydrogens (tertiary/aromatic N) is 1. The van der Waals surface area contributed by atoms with Crippen molar-refractivity contribution in [3.63, 3.8) is 0 Å². The van der Waals surface area contributed by atoms with Gasteiger partial charge in [-0.15, -0.1) is 12.4 Å². The summed E-state index contributed by atoms with van der Waals surface area (Å²) in [6, 6.07) is 9.54. The molecule has 2 amide bonds. The van der Waals surface area contributed by atoms with Crippen LogP contribution in [0.2, 0.25) is 0 Å². The van der Waals surface area contributed by atoms with Crippen molar-refractivity contribution in [3.05, 3.63) is 35.9 Å². The van der Waals surface area contributed by atoms with Gasteiger partial charge in [0, 0.05) is 13.1 Å². The van der Waals surface area contributed by atoms with Gasteiger partial charge in [-0.05, 0) is 31.5 Å². The molecule has 1 aromatic carbocycles. The number of hydrogen-bond acceptors (Lipinski definition) is 3. The number of carbonyl (C=O) groups excluding carboxylic acids is 2. The molecule has 0 saturated carbocycles. The summed E-state index contributed by atoms with van der Waals surface area (Å²) in [5, 5.41) is 5.85. The molecule has 1 aliphatic heterocycles. The number of carbonyl (C=O) groups is 2. The number of nitrogens with one attached hydrogen (secondary N) is 2. The predicted molar refractivity (Wildman–Crippen MR) is 89.0 cm³/mol. The van der Waals surface area contributed by atoms with Crippen LogP contribution in [0.5, 0.6) is 0 Å². The standard InChI is InChI=1S/C16H23N3O2.ClH/c1-17-10-14-7-8-19(12-14)16(21)11-18-15(20)9-13-5-3-2-4-6-13;/h2-6,14,17H,7-12H2,1H3,(H,18,20);1H. The van der Waals surface area contributed by atoms with Gasteiger partial charge in [-0.3, -0.25) is 9.59 Å². The summed E-state index contributed by atoms with van der Waals surface area (Å²) in [5.74, 6) is 0.425. The fourth-order valence-electron chi connectivity index (χ4n) is 2.64. The third kappa shape index (κ3) is 5.66. The van der Waals surface area contributed by atoms with Crippen LogP contribution in [0, 0.1) is 5.92 Å². The van der Waals surface area contributed by atoms with E-state index in [2.05, 4.69) is 10.6 Å². The van der Waals surface area contributed by atoms with Crippen molar-refractivity contribution in [2.45, 2.75) is 12.8 Å². The molecule has 22 heavy (non-hydrogen) atoms. The highest BCUT2D eigenvalue weighted by Crippen LogP contribution is 2.14. The van der Waals surface area contributed by atoms with Gasteiger partial charge in [0.1, 0.15) is 0 Å². The number of hydrogen-bond donors (Lipinski definition) is 2. The molecule has 1 aliphatic rings. The molecular formula is C16H24ClN3O2. The molecule has 0 spiro atoms. The first kappa shape index (κ1) is 18.5. The summed E-state index contributed by atoms with van der Waals surface area (Å²) in [5.41, 5.74) is 0.956. The Kier molecular flexibility index (Phi) is 7.91. The fourth-order valence-corrected chi connectivity index (χ4v) is 2.64. The third-order valence-electron chi connectivity index (χ3n) is 3.78. The zero-order chi connectivity index (χ0) is 15.1. The van der Waals surface area contributed by atoms with E-state index in [4.69, 9.17) is 0 Å². The number of benzene rings is 1. The largest absolute Gasteiger partial charge is 0.347 e. The molecule has 1 unspecified atom stereocenters. The summed E-state index contributed by atoms with van der Waals surface area (Å²) in [6.45, 7) is 2.61. The van der Waals surface area contributed by atoms with Crippen molar-refractivity contribution in [1.29, 1.82) is 0 Å². The van der Waals surface area contributed by atoms with Crippen molar-refractivity contribution in [2.75, 3.05) is 33.2 Å². The summed E-state index contributed by atoms with van der Waals surface area (Å²) in [7, 11) is 1.92. The second-order valence-electron chi connectivity index (χ2n) is 5.49. The molecule has 0 radical (unpaired) electrons. The lowest BCUT2D eigenvalue weighted by molar-refractivity contribution is -0.132. The molecule has 2 N–H and O–H groups in total. The van der Waals surface area contributed by atoms with Gasteiger partial charge in [-0.25, -0.2) is 0 Å². The summed E-state index contributed by atoms with van der Waals surface area (Å²) in [4.78, 5) is 25.7. The minimum Gasteiger partial charge on any atom is -0.347 e. The highest BCUT2D eigenvalue weighted by molar-refractivity contribution is 5.86. The van der Waals surface area contributed by atoms with Crippen molar-refractivity contribution in [3.8, 4) is 0 Å². The average molecular weight is 326 g/mol. The molecule has 6 heteroatoms. The van der Waals surface area contributed by atoms with Crippen LogP contribution in [0.4, 0.5) is 0 Å². The van der Waals surface area contributed by atoms with Crippen LogP contribution in [0.15, 0.2) is 30.3 Å². The first-order valence-electron chi connectivity index (χ1n) is 7.42. The van der Waals surface area contributed by atoms with E-state index in [1.54, 1.807) is 0 Å². The van der Waals surface area contributed by atoms with E-state index in [9.17, 15) is 9.59 Å². The molecule has 1 aromatic rings. The van der Waals surface area contributed by atoms with E-state index >= 15 is 0 Å². The smallest absolute Gasteiger partial charge is 0.241 e. The van der Waals surface area contributed by atoms with Crippen LogP contribution in [-0.4, -0.2) is 49.9 Å². The summed E-state index contributed by atoms with van der Waals surface area (Å²) in [6.07, 6.45) is 1.35. The number of amides is 2. The fraction of sp³-hybridized carbons (Fsp3) is 0.500. The maximum absolute atomic E-state index is 12.0. The molecule has 2 rings (SSSR count). The number of rotatable bonds is 6. The van der Waals surface area contributed by atoms with Crippen LogP contribution in [0.25, 0.3) is 0 Å². The first-order valence-corrected chi connectivity index (χ1v) is 7.42. The van der Waals surface area contributed by atoms with Crippen LogP contribution in [0.1, 0.15) is 12.0 Å². The monoisotopic (exact) mass is 325 g/mol. The highest BCUT2D eigenvalue weighted by Gasteiger charge is 2.25. The lowest BCUT2D eigenvalue weighted by Crippen LogP contribution is -2.39. The van der Waals surface area contributed by atoms with Crippen molar-refractivity contribution in [1.82, 2.24) is 15.5 Å². The van der Waals surface area contributed by atoms with Gasteiger partial charge in [0.15, 0.2) is 0 Å². The molecule has 0 aromatic heterocycles. The summed E-state index contributed by atoms with van der Waals surface area (Å²) >= 11 is 0. The Morgan fingerprint density at radius 3 is 2.68 bits per heavy atom. The second-order valence-corrected chi connectivity index (χ2v) is 5.49. The van der Waals surface area contributed by atoms with Gasteiger partial charge >= 0.3 is 0 Å². The SMILES string of the molecule is CNCC1CCN(C(=O)CNC(=O)Cc2ccccc2)C1.Cl. The second kappa shape index (κ2) is 9.43. The highest BCUT2D eigenvalue weighted by atomic mass is 35.5. The zero-order valence-electron chi connectivity index (χ0n) is 12.9. The number of halogens is 1. The number of likely N-dealkylation sites (tertiary alicyclic amines) is 1. The maximum Gasteiger partial charge on any atom is 0.241 e. The van der Waals surface area contributed by atoms with E-state index in [1.807, 2.05) is 42.3 Å². The Bertz CT molecular complexity index is 482. The summed E-state index contributed by atoms with van der Waals surface area (Å²) < 4.78 is 0. The molecule has 0 bridgehead atoms. The topological polar surface area (TPSA) is 61.4 Å². The minimum atomic E-state index is -0.111. The normalized spacial score (nSPS) is 17.0. The molecule has 1 saturated heterocycles. The Hall–Kier alpha value is -1.59.